The van der Waals surface area contributed by atoms with Crippen molar-refractivity contribution in [2.24, 2.45) is 0 Å². The molecule has 0 unspecified atom stereocenters. The van der Waals surface area contributed by atoms with Gasteiger partial charge in [-0.3, -0.25) is 20.4 Å². The number of carbonyl (C=O) groups is 2. The summed E-state index contributed by atoms with van der Waals surface area (Å²) < 4.78 is 27.1. The minimum absolute atomic E-state index is 0.157. The first-order chi connectivity index (χ1) is 15.7. The van der Waals surface area contributed by atoms with Crippen LogP contribution in [0, 0.1) is 13.8 Å². The summed E-state index contributed by atoms with van der Waals surface area (Å²) in [4.78, 5) is 25.9. The molecule has 2 N–H and O–H groups in total. The van der Waals surface area contributed by atoms with Crippen molar-refractivity contribution < 1.29 is 18.0 Å². The van der Waals surface area contributed by atoms with Crippen LogP contribution < -0.4 is 10.9 Å². The second-order valence-corrected chi connectivity index (χ2v) is 10.4. The van der Waals surface area contributed by atoms with Gasteiger partial charge in [-0.2, -0.15) is 0 Å². The van der Waals surface area contributed by atoms with Gasteiger partial charge in [-0.1, -0.05) is 25.0 Å². The molecule has 1 aliphatic carbocycles. The maximum Gasteiger partial charge on any atom is 0.269 e. The van der Waals surface area contributed by atoms with Gasteiger partial charge < -0.3 is 0 Å². The van der Waals surface area contributed by atoms with Crippen molar-refractivity contribution in [3.8, 4) is 5.69 Å². The van der Waals surface area contributed by atoms with Crippen LogP contribution in [0.15, 0.2) is 53.7 Å². The molecular weight excluding hydrogens is 444 g/mol. The number of carbonyl (C=O) groups excluding carboxylic acids is 2. The third-order valence-electron chi connectivity index (χ3n) is 6.01. The predicted octanol–water partition coefficient (Wildman–Crippen LogP) is 1.83. The van der Waals surface area contributed by atoms with E-state index in [0.717, 1.165) is 5.56 Å². The molecule has 2 amide bonds. The van der Waals surface area contributed by atoms with E-state index in [4.69, 9.17) is 0 Å². The van der Waals surface area contributed by atoms with Crippen LogP contribution in [0.2, 0.25) is 0 Å². The lowest BCUT2D eigenvalue weighted by atomic mass is 10.1. The zero-order chi connectivity index (χ0) is 23.6. The molecule has 33 heavy (non-hydrogen) atoms. The van der Waals surface area contributed by atoms with E-state index in [9.17, 15) is 18.0 Å². The molecule has 2 aromatic carbocycles. The van der Waals surface area contributed by atoms with Gasteiger partial charge >= 0.3 is 0 Å². The summed E-state index contributed by atoms with van der Waals surface area (Å²) in [5.74, 6) is -1.29. The Kier molecular flexibility index (Phi) is 5.98. The maximum absolute atomic E-state index is 13.6. The van der Waals surface area contributed by atoms with E-state index in [1.165, 1.54) is 11.0 Å². The Bertz CT molecular complexity index is 1280. The molecule has 1 saturated carbocycles. The molecule has 4 rings (SSSR count). The molecule has 0 radical (unpaired) electrons. The van der Waals surface area contributed by atoms with Crippen LogP contribution in [0.3, 0.4) is 0 Å². The number of amides is 2. The highest BCUT2D eigenvalue weighted by molar-refractivity contribution is 7.93. The molecule has 0 aliphatic heterocycles. The molecule has 11 heteroatoms. The molecule has 172 valence electrons. The molecule has 1 heterocycles. The Balaban J connectivity index is 1.52. The number of aryl methyl sites for hydroxylation is 2. The summed E-state index contributed by atoms with van der Waals surface area (Å²) in [7, 11) is -3.98. The van der Waals surface area contributed by atoms with Crippen molar-refractivity contribution >= 4 is 21.7 Å². The van der Waals surface area contributed by atoms with Gasteiger partial charge in [-0.15, -0.1) is 5.10 Å². The largest absolute Gasteiger partial charge is 0.271 e. The SMILES string of the molecule is Cc1ccc(C)c(S(=O)(=O)C2(C(=O)NNC(=O)c3ccc(-n4cnnn4)cc3)CCCC2)c1. The van der Waals surface area contributed by atoms with Crippen LogP contribution in [0.25, 0.3) is 5.69 Å². The van der Waals surface area contributed by atoms with Gasteiger partial charge in [0.05, 0.1) is 10.6 Å². The first-order valence-corrected chi connectivity index (χ1v) is 12.0. The quantitative estimate of drug-likeness (QED) is 0.545. The van der Waals surface area contributed by atoms with Crippen molar-refractivity contribution in [3.63, 3.8) is 0 Å². The maximum atomic E-state index is 13.6. The minimum atomic E-state index is -3.98. The monoisotopic (exact) mass is 468 g/mol. The summed E-state index contributed by atoms with van der Waals surface area (Å²) in [5, 5.41) is 10.9. The van der Waals surface area contributed by atoms with Crippen molar-refractivity contribution in [2.75, 3.05) is 0 Å². The first-order valence-electron chi connectivity index (χ1n) is 10.5. The Labute approximate surface area is 191 Å². The third kappa shape index (κ3) is 4.11. The van der Waals surface area contributed by atoms with Gasteiger partial charge in [0.1, 0.15) is 6.33 Å². The lowest BCUT2D eigenvalue weighted by molar-refractivity contribution is -0.124. The molecule has 1 aromatic heterocycles. The smallest absolute Gasteiger partial charge is 0.269 e. The van der Waals surface area contributed by atoms with Gasteiger partial charge in [0, 0.05) is 5.56 Å². The summed E-state index contributed by atoms with van der Waals surface area (Å²) >= 11 is 0. The third-order valence-corrected chi connectivity index (χ3v) is 8.65. The number of hydrazine groups is 1. The average Bonchev–Trinajstić information content (AvgIpc) is 3.52. The van der Waals surface area contributed by atoms with Gasteiger partial charge in [0.25, 0.3) is 11.8 Å². The van der Waals surface area contributed by atoms with Crippen LogP contribution in [0.4, 0.5) is 0 Å². The molecule has 3 aromatic rings. The van der Waals surface area contributed by atoms with Crippen LogP contribution >= 0.6 is 0 Å². The van der Waals surface area contributed by atoms with Crippen LogP contribution in [-0.4, -0.2) is 45.2 Å². The second kappa shape index (κ2) is 8.74. The van der Waals surface area contributed by atoms with E-state index in [-0.39, 0.29) is 23.3 Å². The fourth-order valence-electron chi connectivity index (χ4n) is 4.12. The summed E-state index contributed by atoms with van der Waals surface area (Å²) in [6.45, 7) is 3.53. The number of sulfone groups is 1. The highest BCUT2D eigenvalue weighted by atomic mass is 32.2. The zero-order valence-electron chi connectivity index (χ0n) is 18.3. The van der Waals surface area contributed by atoms with Crippen LogP contribution in [0.5, 0.6) is 0 Å². The molecule has 0 atom stereocenters. The van der Waals surface area contributed by atoms with Crippen molar-refractivity contribution in [1.29, 1.82) is 0 Å². The number of benzene rings is 2. The molecule has 10 nitrogen and oxygen atoms in total. The van der Waals surface area contributed by atoms with E-state index in [2.05, 4.69) is 26.4 Å². The van der Waals surface area contributed by atoms with E-state index in [0.29, 0.717) is 24.1 Å². The fraction of sp³-hybridized carbons (Fsp3) is 0.318. The van der Waals surface area contributed by atoms with E-state index >= 15 is 0 Å². The van der Waals surface area contributed by atoms with Gasteiger partial charge in [-0.05, 0) is 78.6 Å². The predicted molar refractivity (Wildman–Crippen MR) is 119 cm³/mol. The van der Waals surface area contributed by atoms with Gasteiger partial charge in [0.2, 0.25) is 0 Å². The molecular formula is C22H24N6O4S. The van der Waals surface area contributed by atoms with Crippen molar-refractivity contribution in [3.05, 3.63) is 65.5 Å². The molecule has 0 saturated heterocycles. The standard InChI is InChI=1S/C22H24N6O4S/c1-15-5-6-16(2)19(13-15)33(31,32)22(11-3-4-12-22)21(30)25-24-20(29)17-7-9-18(10-8-17)28-14-23-26-27-28/h5-10,13-14H,3-4,11-12H2,1-2H3,(H,24,29)(H,25,30). The van der Waals surface area contributed by atoms with Crippen LogP contribution in [-0.2, 0) is 14.6 Å². The Morgan fingerprint density at radius 1 is 1.00 bits per heavy atom. The Morgan fingerprint density at radius 2 is 1.70 bits per heavy atom. The van der Waals surface area contributed by atoms with E-state index < -0.39 is 26.4 Å². The molecule has 1 aliphatic rings. The zero-order valence-corrected chi connectivity index (χ0v) is 19.1. The lowest BCUT2D eigenvalue weighted by Gasteiger charge is -2.28. The molecule has 0 spiro atoms. The normalized spacial score (nSPS) is 15.2. The van der Waals surface area contributed by atoms with Crippen molar-refractivity contribution in [2.45, 2.75) is 49.2 Å². The number of tetrazole rings is 1. The topological polar surface area (TPSA) is 136 Å². The number of aromatic nitrogens is 4. The number of nitrogens with one attached hydrogen (secondary N) is 2. The number of hydrogen-bond acceptors (Lipinski definition) is 7. The van der Waals surface area contributed by atoms with Gasteiger partial charge in [-0.25, -0.2) is 13.1 Å². The lowest BCUT2D eigenvalue weighted by Crippen LogP contribution is -2.55. The molecule has 1 fully saturated rings. The Morgan fingerprint density at radius 3 is 2.33 bits per heavy atom. The van der Waals surface area contributed by atoms with Crippen LogP contribution in [0.1, 0.15) is 47.2 Å². The Hall–Kier alpha value is -3.60. The highest BCUT2D eigenvalue weighted by Gasteiger charge is 2.53. The summed E-state index contributed by atoms with van der Waals surface area (Å²) in [6, 6.07) is 11.6. The van der Waals surface area contributed by atoms with Crippen molar-refractivity contribution in [1.82, 2.24) is 31.1 Å². The highest BCUT2D eigenvalue weighted by Crippen LogP contribution is 2.41. The number of hydrogen-bond donors (Lipinski definition) is 2. The second-order valence-electron chi connectivity index (χ2n) is 8.18. The first kappa shape index (κ1) is 22.6. The molecule has 0 bridgehead atoms. The van der Waals surface area contributed by atoms with E-state index in [1.807, 2.05) is 13.0 Å². The number of nitrogens with zero attached hydrogens (tertiary/aromatic N) is 4. The minimum Gasteiger partial charge on any atom is -0.271 e. The van der Waals surface area contributed by atoms with Gasteiger partial charge in [0.15, 0.2) is 14.6 Å². The fourth-order valence-corrected chi connectivity index (χ4v) is 6.49. The summed E-state index contributed by atoms with van der Waals surface area (Å²) in [6.07, 6.45) is 3.05. The van der Waals surface area contributed by atoms with E-state index in [1.54, 1.807) is 43.3 Å². The number of rotatable bonds is 5. The summed E-state index contributed by atoms with van der Waals surface area (Å²) in [5.41, 5.74) is 7.04. The average molecular weight is 469 g/mol.